The van der Waals surface area contributed by atoms with E-state index >= 15 is 0 Å². The number of anilines is 1. The molecular formula is C16H19N3O4. The number of rotatable bonds is 4. The topological polar surface area (TPSA) is 86.4 Å². The van der Waals surface area contributed by atoms with Crippen molar-refractivity contribution >= 4 is 22.3 Å². The van der Waals surface area contributed by atoms with Gasteiger partial charge in [0, 0.05) is 43.4 Å². The van der Waals surface area contributed by atoms with Crippen LogP contribution in [-0.4, -0.2) is 28.7 Å². The van der Waals surface area contributed by atoms with Gasteiger partial charge in [-0.05, 0) is 25.3 Å². The van der Waals surface area contributed by atoms with Gasteiger partial charge >= 0.3 is 0 Å². The van der Waals surface area contributed by atoms with Crippen LogP contribution in [0, 0.1) is 10.1 Å². The first-order valence-electron chi connectivity index (χ1n) is 7.59. The molecule has 1 aliphatic carbocycles. The quantitative estimate of drug-likeness (QED) is 0.691. The smallest absolute Gasteiger partial charge is 0.270 e. The Hall–Kier alpha value is -2.41. The number of fused-ring (bicyclic) bond motifs is 1. The van der Waals surface area contributed by atoms with E-state index in [1.54, 1.807) is 20.2 Å². The summed E-state index contributed by atoms with van der Waals surface area (Å²) >= 11 is 0. The fraction of sp³-hybridized carbons (Fsp3) is 0.438. The summed E-state index contributed by atoms with van der Waals surface area (Å²) in [4.78, 5) is 22.8. The molecule has 1 fully saturated rings. The molecule has 0 saturated heterocycles. The number of nitro benzene ring substituents is 1. The zero-order valence-corrected chi connectivity index (χ0v) is 13.1. The molecule has 7 heteroatoms. The van der Waals surface area contributed by atoms with Crippen LogP contribution in [0.5, 0.6) is 0 Å². The molecule has 3 rings (SSSR count). The Morgan fingerprint density at radius 3 is 2.83 bits per heavy atom. The number of benzene rings is 1. The van der Waals surface area contributed by atoms with Gasteiger partial charge in [0.2, 0.25) is 0 Å². The average molecular weight is 317 g/mol. The summed E-state index contributed by atoms with van der Waals surface area (Å²) in [5.41, 5.74) is 1.15. The molecule has 1 aromatic carbocycles. The largest absolute Gasteiger partial charge is 0.379 e. The molecular weight excluding hydrogens is 298 g/mol. The first kappa shape index (κ1) is 15.5. The number of pyridine rings is 1. The fourth-order valence-electron chi connectivity index (χ4n) is 3.25. The molecule has 2 atom stereocenters. The number of nitro groups is 1. The van der Waals surface area contributed by atoms with Crippen molar-refractivity contribution < 1.29 is 9.66 Å². The zero-order valence-electron chi connectivity index (χ0n) is 13.1. The van der Waals surface area contributed by atoms with Gasteiger partial charge in [0.05, 0.1) is 22.6 Å². The number of ether oxygens (including phenoxy) is 1. The standard InChI is InChI=1S/C16H19N3O4/c1-18-14-7-6-10(19(21)22)8-11(14)13(9-16(18)20)17-12-4-3-5-15(12)23-2/h6-9,12,15,17H,3-5H2,1-2H3. The molecule has 0 aliphatic heterocycles. The van der Waals surface area contributed by atoms with Crippen LogP contribution in [0.3, 0.4) is 0 Å². The third kappa shape index (κ3) is 2.79. The molecule has 2 aromatic rings. The van der Waals surface area contributed by atoms with Crippen molar-refractivity contribution in [3.63, 3.8) is 0 Å². The van der Waals surface area contributed by atoms with Crippen molar-refractivity contribution in [1.29, 1.82) is 0 Å². The SMILES string of the molecule is COC1CCCC1Nc1cc(=O)n(C)c2ccc([N+](=O)[O-])cc12. The van der Waals surface area contributed by atoms with Gasteiger partial charge in [-0.3, -0.25) is 14.9 Å². The summed E-state index contributed by atoms with van der Waals surface area (Å²) < 4.78 is 6.96. The van der Waals surface area contributed by atoms with Gasteiger partial charge in [0.25, 0.3) is 11.2 Å². The molecule has 1 aliphatic rings. The predicted molar refractivity (Wildman–Crippen MR) is 87.9 cm³/mol. The highest BCUT2D eigenvalue weighted by Gasteiger charge is 2.27. The van der Waals surface area contributed by atoms with Gasteiger partial charge in [-0.25, -0.2) is 0 Å². The van der Waals surface area contributed by atoms with E-state index in [-0.39, 0.29) is 23.4 Å². The van der Waals surface area contributed by atoms with Crippen LogP contribution in [0.15, 0.2) is 29.1 Å². The van der Waals surface area contributed by atoms with E-state index in [2.05, 4.69) is 5.32 Å². The van der Waals surface area contributed by atoms with Crippen LogP contribution in [-0.2, 0) is 11.8 Å². The molecule has 2 unspecified atom stereocenters. The normalized spacial score (nSPS) is 20.8. The average Bonchev–Trinajstić information content (AvgIpc) is 2.99. The van der Waals surface area contributed by atoms with Crippen molar-refractivity contribution in [3.05, 3.63) is 44.7 Å². The van der Waals surface area contributed by atoms with Crippen LogP contribution in [0.4, 0.5) is 11.4 Å². The Bertz CT molecular complexity index is 815. The molecule has 1 aromatic heterocycles. The second-order valence-electron chi connectivity index (χ2n) is 5.87. The third-order valence-corrected chi connectivity index (χ3v) is 4.54. The van der Waals surface area contributed by atoms with E-state index in [0.717, 1.165) is 19.3 Å². The van der Waals surface area contributed by atoms with E-state index < -0.39 is 4.92 Å². The lowest BCUT2D eigenvalue weighted by molar-refractivity contribution is -0.384. The molecule has 23 heavy (non-hydrogen) atoms. The molecule has 0 spiro atoms. The number of aromatic nitrogens is 1. The second kappa shape index (κ2) is 6.00. The summed E-state index contributed by atoms with van der Waals surface area (Å²) in [7, 11) is 3.34. The lowest BCUT2D eigenvalue weighted by Crippen LogP contribution is -2.30. The van der Waals surface area contributed by atoms with Crippen molar-refractivity contribution in [2.75, 3.05) is 12.4 Å². The molecule has 7 nitrogen and oxygen atoms in total. The minimum atomic E-state index is -0.429. The number of hydrogen-bond donors (Lipinski definition) is 1. The Morgan fingerprint density at radius 1 is 1.35 bits per heavy atom. The van der Waals surface area contributed by atoms with E-state index in [1.807, 2.05) is 0 Å². The third-order valence-electron chi connectivity index (χ3n) is 4.54. The minimum Gasteiger partial charge on any atom is -0.379 e. The van der Waals surface area contributed by atoms with Gasteiger partial charge in [-0.1, -0.05) is 0 Å². The fourth-order valence-corrected chi connectivity index (χ4v) is 3.25. The zero-order chi connectivity index (χ0) is 16.6. The summed E-state index contributed by atoms with van der Waals surface area (Å²) in [6.45, 7) is 0. The number of aryl methyl sites for hydroxylation is 1. The molecule has 122 valence electrons. The van der Waals surface area contributed by atoms with E-state index in [0.29, 0.717) is 16.6 Å². The number of nitrogens with one attached hydrogen (secondary N) is 1. The Labute approximate surface area is 133 Å². The van der Waals surface area contributed by atoms with Crippen LogP contribution in [0.25, 0.3) is 10.9 Å². The van der Waals surface area contributed by atoms with Crippen LogP contribution < -0.4 is 10.9 Å². The summed E-state index contributed by atoms with van der Waals surface area (Å²) in [5.74, 6) is 0. The Balaban J connectivity index is 2.11. The Kier molecular flexibility index (Phi) is 4.04. The van der Waals surface area contributed by atoms with Crippen molar-refractivity contribution in [2.45, 2.75) is 31.4 Å². The highest BCUT2D eigenvalue weighted by atomic mass is 16.6. The van der Waals surface area contributed by atoms with E-state index in [9.17, 15) is 14.9 Å². The minimum absolute atomic E-state index is 0.00825. The Morgan fingerprint density at radius 2 is 2.13 bits per heavy atom. The lowest BCUT2D eigenvalue weighted by atomic mass is 10.1. The molecule has 1 heterocycles. The van der Waals surface area contributed by atoms with Crippen LogP contribution in [0.1, 0.15) is 19.3 Å². The van der Waals surface area contributed by atoms with Gasteiger partial charge < -0.3 is 14.6 Å². The monoisotopic (exact) mass is 317 g/mol. The number of hydrogen-bond acceptors (Lipinski definition) is 5. The highest BCUT2D eigenvalue weighted by Crippen LogP contribution is 2.30. The molecule has 0 radical (unpaired) electrons. The highest BCUT2D eigenvalue weighted by molar-refractivity contribution is 5.93. The maximum Gasteiger partial charge on any atom is 0.270 e. The van der Waals surface area contributed by atoms with Crippen molar-refractivity contribution in [1.82, 2.24) is 4.57 Å². The molecule has 0 amide bonds. The van der Waals surface area contributed by atoms with Crippen molar-refractivity contribution in [2.24, 2.45) is 7.05 Å². The van der Waals surface area contributed by atoms with Gasteiger partial charge in [-0.15, -0.1) is 0 Å². The van der Waals surface area contributed by atoms with E-state index in [1.165, 1.54) is 22.8 Å². The number of methoxy groups -OCH3 is 1. The first-order valence-corrected chi connectivity index (χ1v) is 7.59. The summed E-state index contributed by atoms with van der Waals surface area (Å²) in [5, 5.41) is 15.1. The number of nitrogens with zero attached hydrogens (tertiary/aromatic N) is 2. The first-order chi connectivity index (χ1) is 11.0. The summed E-state index contributed by atoms with van der Waals surface area (Å²) in [6, 6.07) is 6.14. The molecule has 1 N–H and O–H groups in total. The maximum atomic E-state index is 12.2. The maximum absolute atomic E-state index is 12.2. The lowest BCUT2D eigenvalue weighted by Gasteiger charge is -2.22. The van der Waals surface area contributed by atoms with Crippen molar-refractivity contribution in [3.8, 4) is 0 Å². The van der Waals surface area contributed by atoms with Gasteiger partial charge in [-0.2, -0.15) is 0 Å². The summed E-state index contributed by atoms with van der Waals surface area (Å²) in [6.07, 6.45) is 3.06. The van der Waals surface area contributed by atoms with Gasteiger partial charge in [0.15, 0.2) is 0 Å². The van der Waals surface area contributed by atoms with Crippen LogP contribution in [0.2, 0.25) is 0 Å². The predicted octanol–water partition coefficient (Wildman–Crippen LogP) is 2.43. The van der Waals surface area contributed by atoms with Crippen LogP contribution >= 0.6 is 0 Å². The molecule has 1 saturated carbocycles. The second-order valence-corrected chi connectivity index (χ2v) is 5.87. The van der Waals surface area contributed by atoms with E-state index in [4.69, 9.17) is 4.74 Å². The number of non-ortho nitro benzene ring substituents is 1. The molecule has 0 bridgehead atoms. The van der Waals surface area contributed by atoms with Gasteiger partial charge in [0.1, 0.15) is 0 Å².